The number of hydrogen-bond donors (Lipinski definition) is 2. The second-order valence-corrected chi connectivity index (χ2v) is 6.98. The van der Waals surface area contributed by atoms with Crippen molar-refractivity contribution < 1.29 is 14.3 Å². The van der Waals surface area contributed by atoms with E-state index < -0.39 is 0 Å². The highest BCUT2D eigenvalue weighted by Crippen LogP contribution is 2.37. The van der Waals surface area contributed by atoms with E-state index in [1.54, 1.807) is 13.3 Å². The lowest BCUT2D eigenvalue weighted by Gasteiger charge is -2.40. The van der Waals surface area contributed by atoms with E-state index in [4.69, 9.17) is 4.74 Å². The number of nitrogens with zero attached hydrogens (tertiary/aromatic N) is 2. The van der Waals surface area contributed by atoms with Crippen LogP contribution in [0, 0.1) is 5.92 Å². The lowest BCUT2D eigenvalue weighted by Crippen LogP contribution is -2.48. The first-order chi connectivity index (χ1) is 14.1. The first kappa shape index (κ1) is 20.6. The molecule has 1 aromatic heterocycles. The number of ether oxygens (including phenoxy) is 1. The predicted octanol–water partition coefficient (Wildman–Crippen LogP) is 2.62. The van der Waals surface area contributed by atoms with Gasteiger partial charge < -0.3 is 20.3 Å². The smallest absolute Gasteiger partial charge is 0.225 e. The summed E-state index contributed by atoms with van der Waals surface area (Å²) < 4.78 is 5.24. The number of rotatable bonds is 8. The number of carbonyl (C=O) groups excluding carboxylic acids is 2. The van der Waals surface area contributed by atoms with Gasteiger partial charge in [-0.05, 0) is 43.2 Å². The molecule has 0 saturated carbocycles. The summed E-state index contributed by atoms with van der Waals surface area (Å²) in [5.41, 5.74) is 0.951. The van der Waals surface area contributed by atoms with E-state index >= 15 is 0 Å². The standard InChI is InChI=1S/C22H28N4O3/c1-3-26-20(27)12-11-18(21(26)16-7-9-17(29-2)10-8-16)22(28)25-15-14-24-19-6-4-5-13-23-19/h4-10,13,18,21H,3,11-12,14-15H2,1-2H3,(H,23,24)(H,25,28)/t18-,21+/m1/s1. The van der Waals surface area contributed by atoms with Gasteiger partial charge in [-0.25, -0.2) is 4.98 Å². The number of nitrogens with one attached hydrogen (secondary N) is 2. The number of carbonyl (C=O) groups is 2. The van der Waals surface area contributed by atoms with Crippen LogP contribution in [0.25, 0.3) is 0 Å². The molecule has 2 heterocycles. The topological polar surface area (TPSA) is 83.6 Å². The van der Waals surface area contributed by atoms with Gasteiger partial charge in [0.05, 0.1) is 19.1 Å². The van der Waals surface area contributed by atoms with Gasteiger partial charge in [-0.2, -0.15) is 0 Å². The van der Waals surface area contributed by atoms with Crippen molar-refractivity contribution in [3.63, 3.8) is 0 Å². The maximum atomic E-state index is 13.0. The van der Waals surface area contributed by atoms with Crippen LogP contribution in [0.4, 0.5) is 5.82 Å². The third kappa shape index (κ3) is 5.04. The monoisotopic (exact) mass is 396 g/mol. The molecule has 1 saturated heterocycles. The fraction of sp³-hybridized carbons (Fsp3) is 0.409. The van der Waals surface area contributed by atoms with E-state index in [0.29, 0.717) is 32.5 Å². The van der Waals surface area contributed by atoms with Gasteiger partial charge in [0.15, 0.2) is 0 Å². The summed E-state index contributed by atoms with van der Waals surface area (Å²) in [6, 6.07) is 13.0. The number of piperidine rings is 1. The van der Waals surface area contributed by atoms with Crippen LogP contribution in [-0.2, 0) is 9.59 Å². The van der Waals surface area contributed by atoms with E-state index in [1.807, 2.05) is 54.3 Å². The van der Waals surface area contributed by atoms with Gasteiger partial charge in [-0.3, -0.25) is 9.59 Å². The second kappa shape index (κ2) is 9.91. The van der Waals surface area contributed by atoms with Gasteiger partial charge in [-0.1, -0.05) is 18.2 Å². The third-order valence-corrected chi connectivity index (χ3v) is 5.24. The maximum Gasteiger partial charge on any atom is 0.225 e. The first-order valence-electron chi connectivity index (χ1n) is 10.00. The van der Waals surface area contributed by atoms with Crippen molar-refractivity contribution in [3.8, 4) is 5.75 Å². The molecule has 0 aliphatic carbocycles. The molecule has 2 amide bonds. The van der Waals surface area contributed by atoms with E-state index in [9.17, 15) is 9.59 Å². The van der Waals surface area contributed by atoms with Crippen LogP contribution in [0.5, 0.6) is 5.75 Å². The molecule has 29 heavy (non-hydrogen) atoms. The molecule has 2 N–H and O–H groups in total. The van der Waals surface area contributed by atoms with Crippen LogP contribution in [0.15, 0.2) is 48.7 Å². The Hall–Kier alpha value is -3.09. The van der Waals surface area contributed by atoms with Crippen molar-refractivity contribution in [3.05, 3.63) is 54.2 Å². The molecule has 7 heteroatoms. The summed E-state index contributed by atoms with van der Waals surface area (Å²) in [7, 11) is 1.62. The predicted molar refractivity (Wildman–Crippen MR) is 112 cm³/mol. The minimum absolute atomic E-state index is 0.0282. The molecule has 154 valence electrons. The van der Waals surface area contributed by atoms with Crippen LogP contribution in [-0.4, -0.2) is 48.4 Å². The fourth-order valence-corrected chi connectivity index (χ4v) is 3.79. The summed E-state index contributed by atoms with van der Waals surface area (Å²) >= 11 is 0. The second-order valence-electron chi connectivity index (χ2n) is 6.98. The number of likely N-dealkylation sites (tertiary alicyclic amines) is 1. The Balaban J connectivity index is 1.66. The van der Waals surface area contributed by atoms with Crippen LogP contribution in [0.3, 0.4) is 0 Å². The average Bonchev–Trinajstić information content (AvgIpc) is 2.77. The molecular formula is C22H28N4O3. The summed E-state index contributed by atoms with van der Waals surface area (Å²) in [6.07, 6.45) is 2.66. The average molecular weight is 396 g/mol. The molecule has 1 aliphatic heterocycles. The van der Waals surface area contributed by atoms with Gasteiger partial charge in [-0.15, -0.1) is 0 Å². The van der Waals surface area contributed by atoms with Crippen molar-refractivity contribution in [1.29, 1.82) is 0 Å². The Labute approximate surface area is 171 Å². The molecule has 3 rings (SSSR count). The minimum Gasteiger partial charge on any atom is -0.497 e. The number of pyridine rings is 1. The Morgan fingerprint density at radius 2 is 2.00 bits per heavy atom. The Morgan fingerprint density at radius 3 is 2.66 bits per heavy atom. The third-order valence-electron chi connectivity index (χ3n) is 5.24. The zero-order valence-corrected chi connectivity index (χ0v) is 16.9. The molecule has 0 radical (unpaired) electrons. The van der Waals surface area contributed by atoms with Gasteiger partial charge in [0.25, 0.3) is 0 Å². The van der Waals surface area contributed by atoms with Crippen molar-refractivity contribution in [2.45, 2.75) is 25.8 Å². The maximum absolute atomic E-state index is 13.0. The number of aromatic nitrogens is 1. The van der Waals surface area contributed by atoms with Crippen molar-refractivity contribution in [2.75, 3.05) is 32.1 Å². The van der Waals surface area contributed by atoms with E-state index in [-0.39, 0.29) is 23.8 Å². The van der Waals surface area contributed by atoms with E-state index in [1.165, 1.54) is 0 Å². The van der Waals surface area contributed by atoms with Crippen LogP contribution in [0.2, 0.25) is 0 Å². The van der Waals surface area contributed by atoms with Crippen LogP contribution in [0.1, 0.15) is 31.4 Å². The van der Waals surface area contributed by atoms with Crippen molar-refractivity contribution >= 4 is 17.6 Å². The number of anilines is 1. The molecule has 1 aromatic carbocycles. The summed E-state index contributed by atoms with van der Waals surface area (Å²) in [5, 5.41) is 6.19. The SMILES string of the molecule is CCN1C(=O)CC[C@@H](C(=O)NCCNc2ccccn2)[C@@H]1c1ccc(OC)cc1. The highest BCUT2D eigenvalue weighted by atomic mass is 16.5. The highest BCUT2D eigenvalue weighted by Gasteiger charge is 2.39. The minimum atomic E-state index is -0.282. The molecule has 7 nitrogen and oxygen atoms in total. The fourth-order valence-electron chi connectivity index (χ4n) is 3.79. The number of methoxy groups -OCH3 is 1. The van der Waals surface area contributed by atoms with Gasteiger partial charge >= 0.3 is 0 Å². The molecule has 0 unspecified atom stereocenters. The molecule has 0 spiro atoms. The molecule has 2 aromatic rings. The van der Waals surface area contributed by atoms with Crippen LogP contribution < -0.4 is 15.4 Å². The highest BCUT2D eigenvalue weighted by molar-refractivity contribution is 5.85. The number of amides is 2. The molecule has 1 fully saturated rings. The van der Waals surface area contributed by atoms with Gasteiger partial charge in [0.1, 0.15) is 11.6 Å². The molecular weight excluding hydrogens is 368 g/mol. The van der Waals surface area contributed by atoms with Gasteiger partial charge in [0.2, 0.25) is 11.8 Å². The zero-order chi connectivity index (χ0) is 20.6. The number of hydrogen-bond acceptors (Lipinski definition) is 5. The summed E-state index contributed by atoms with van der Waals surface area (Å²) in [6.45, 7) is 3.59. The normalized spacial score (nSPS) is 19.0. The van der Waals surface area contributed by atoms with E-state index in [2.05, 4.69) is 15.6 Å². The van der Waals surface area contributed by atoms with Crippen molar-refractivity contribution in [1.82, 2.24) is 15.2 Å². The molecule has 1 aliphatic rings. The zero-order valence-electron chi connectivity index (χ0n) is 16.9. The van der Waals surface area contributed by atoms with Crippen LogP contribution >= 0.6 is 0 Å². The molecule has 2 atom stereocenters. The lowest BCUT2D eigenvalue weighted by atomic mass is 9.83. The summed E-state index contributed by atoms with van der Waals surface area (Å²) in [5.74, 6) is 1.31. The molecule has 0 bridgehead atoms. The Morgan fingerprint density at radius 1 is 1.21 bits per heavy atom. The quantitative estimate of drug-likeness (QED) is 0.670. The largest absolute Gasteiger partial charge is 0.497 e. The first-order valence-corrected chi connectivity index (χ1v) is 10.00. The Kier molecular flexibility index (Phi) is 7.05. The van der Waals surface area contributed by atoms with Crippen molar-refractivity contribution in [2.24, 2.45) is 5.92 Å². The summed E-state index contributed by atoms with van der Waals surface area (Å²) in [4.78, 5) is 31.4. The van der Waals surface area contributed by atoms with Gasteiger partial charge in [0, 0.05) is 32.3 Å². The lowest BCUT2D eigenvalue weighted by molar-refractivity contribution is -0.143. The van der Waals surface area contributed by atoms with E-state index in [0.717, 1.165) is 17.1 Å². The Bertz CT molecular complexity index is 811. The number of benzene rings is 1.